The zero-order chi connectivity index (χ0) is 12.0. The Bertz CT molecular complexity index is 465. The second-order valence-electron chi connectivity index (χ2n) is 4.76. The van der Waals surface area contributed by atoms with Gasteiger partial charge in [0.05, 0.1) is 0 Å². The number of amides is 1. The van der Waals surface area contributed by atoms with E-state index in [-0.39, 0.29) is 17.7 Å². The largest absolute Gasteiger partial charge is 0.480 e. The molecule has 88 valence electrons. The normalized spacial score (nSPS) is 30.9. The van der Waals surface area contributed by atoms with E-state index in [2.05, 4.69) is 0 Å². The van der Waals surface area contributed by atoms with Gasteiger partial charge in [-0.15, -0.1) is 0 Å². The lowest BCUT2D eigenvalue weighted by molar-refractivity contribution is -0.149. The maximum absolute atomic E-state index is 12.1. The summed E-state index contributed by atoms with van der Waals surface area (Å²) >= 11 is 0. The standard InChI is InChI=1S/C13H13NO3/c15-12-9-6-8(7-9)11(13(16)17)14(12)10-4-2-1-3-5-10/h1-5,8-9,11H,6-7H2,(H,16,17). The van der Waals surface area contributed by atoms with E-state index in [1.165, 1.54) is 4.90 Å². The Balaban J connectivity index is 2.00. The molecule has 1 saturated carbocycles. The zero-order valence-electron chi connectivity index (χ0n) is 9.24. The summed E-state index contributed by atoms with van der Waals surface area (Å²) in [6, 6.07) is 8.39. The number of benzene rings is 1. The monoisotopic (exact) mass is 231 g/mol. The highest BCUT2D eigenvalue weighted by Crippen LogP contribution is 2.46. The third kappa shape index (κ3) is 1.44. The molecule has 4 rings (SSSR count). The topological polar surface area (TPSA) is 57.6 Å². The van der Waals surface area contributed by atoms with Crippen LogP contribution in [0.5, 0.6) is 0 Å². The summed E-state index contributed by atoms with van der Waals surface area (Å²) in [5, 5.41) is 9.29. The Morgan fingerprint density at radius 1 is 1.24 bits per heavy atom. The van der Waals surface area contributed by atoms with Gasteiger partial charge in [-0.1, -0.05) is 18.2 Å². The quantitative estimate of drug-likeness (QED) is 0.839. The van der Waals surface area contributed by atoms with E-state index in [0.29, 0.717) is 5.69 Å². The molecule has 3 aliphatic rings. The van der Waals surface area contributed by atoms with Crippen molar-refractivity contribution in [2.24, 2.45) is 11.8 Å². The average molecular weight is 231 g/mol. The van der Waals surface area contributed by atoms with Gasteiger partial charge in [-0.3, -0.25) is 9.69 Å². The SMILES string of the molecule is O=C(O)C1C2CC(C2)C(=O)N1c1ccccc1. The lowest BCUT2D eigenvalue weighted by Crippen LogP contribution is -2.62. The van der Waals surface area contributed by atoms with Gasteiger partial charge in [-0.05, 0) is 30.9 Å². The average Bonchev–Trinajstić information content (AvgIpc) is 2.27. The Morgan fingerprint density at radius 3 is 2.47 bits per heavy atom. The number of anilines is 1. The number of rotatable bonds is 2. The molecule has 1 aromatic carbocycles. The lowest BCUT2D eigenvalue weighted by Gasteiger charge is -2.50. The third-order valence-electron chi connectivity index (χ3n) is 3.77. The van der Waals surface area contributed by atoms with Gasteiger partial charge in [0.2, 0.25) is 5.91 Å². The molecule has 2 aliphatic heterocycles. The molecular weight excluding hydrogens is 218 g/mol. The number of carboxylic acids is 1. The van der Waals surface area contributed by atoms with Gasteiger partial charge in [0.25, 0.3) is 0 Å². The number of carbonyl (C=O) groups excluding carboxylic acids is 1. The Labute approximate surface area is 98.9 Å². The van der Waals surface area contributed by atoms with Crippen LogP contribution in [0, 0.1) is 11.8 Å². The van der Waals surface area contributed by atoms with Crippen molar-refractivity contribution in [2.45, 2.75) is 18.9 Å². The van der Waals surface area contributed by atoms with Crippen molar-refractivity contribution in [3.8, 4) is 0 Å². The summed E-state index contributed by atoms with van der Waals surface area (Å²) < 4.78 is 0. The van der Waals surface area contributed by atoms with E-state index < -0.39 is 12.0 Å². The number of hydrogen-bond acceptors (Lipinski definition) is 2. The summed E-state index contributed by atoms with van der Waals surface area (Å²) in [6.45, 7) is 0. The minimum absolute atomic E-state index is 0.0360. The molecule has 1 aliphatic carbocycles. The van der Waals surface area contributed by atoms with Gasteiger partial charge in [0.15, 0.2) is 0 Å². The van der Waals surface area contributed by atoms with Gasteiger partial charge in [0, 0.05) is 11.6 Å². The Hall–Kier alpha value is -1.84. The molecule has 1 amide bonds. The first-order valence-electron chi connectivity index (χ1n) is 5.79. The first kappa shape index (κ1) is 10.3. The molecule has 2 heterocycles. The molecule has 4 heteroatoms. The predicted molar refractivity (Wildman–Crippen MR) is 61.6 cm³/mol. The van der Waals surface area contributed by atoms with Crippen LogP contribution in [0.25, 0.3) is 0 Å². The second-order valence-corrected chi connectivity index (χ2v) is 4.76. The van der Waals surface area contributed by atoms with Crippen LogP contribution < -0.4 is 4.90 Å². The minimum Gasteiger partial charge on any atom is -0.480 e. The summed E-state index contributed by atoms with van der Waals surface area (Å²) in [4.78, 5) is 24.9. The summed E-state index contributed by atoms with van der Waals surface area (Å²) in [7, 11) is 0. The van der Waals surface area contributed by atoms with E-state index in [1.807, 2.05) is 18.2 Å². The first-order valence-corrected chi connectivity index (χ1v) is 5.79. The molecule has 1 atom stereocenters. The smallest absolute Gasteiger partial charge is 0.327 e. The van der Waals surface area contributed by atoms with Crippen molar-refractivity contribution in [3.05, 3.63) is 30.3 Å². The summed E-state index contributed by atoms with van der Waals surface area (Å²) in [5.41, 5.74) is 0.694. The van der Waals surface area contributed by atoms with Crippen LogP contribution in [0.1, 0.15) is 12.8 Å². The number of nitrogens with zero attached hydrogens (tertiary/aromatic N) is 1. The van der Waals surface area contributed by atoms with Crippen LogP contribution in [0.15, 0.2) is 30.3 Å². The molecule has 1 N–H and O–H groups in total. The molecule has 1 unspecified atom stereocenters. The van der Waals surface area contributed by atoms with Crippen LogP contribution in [0.3, 0.4) is 0 Å². The fourth-order valence-corrected chi connectivity index (χ4v) is 2.85. The molecule has 0 aromatic heterocycles. The zero-order valence-corrected chi connectivity index (χ0v) is 9.24. The van der Waals surface area contributed by atoms with Gasteiger partial charge >= 0.3 is 5.97 Å². The highest BCUT2D eigenvalue weighted by atomic mass is 16.4. The van der Waals surface area contributed by atoms with E-state index in [4.69, 9.17) is 0 Å². The molecule has 3 fully saturated rings. The summed E-state index contributed by atoms with van der Waals surface area (Å²) in [5.74, 6) is -0.775. The van der Waals surface area contributed by atoms with Gasteiger partial charge in [-0.25, -0.2) is 4.79 Å². The van der Waals surface area contributed by atoms with E-state index in [9.17, 15) is 14.7 Å². The molecule has 2 saturated heterocycles. The molecule has 17 heavy (non-hydrogen) atoms. The number of aliphatic carboxylic acids is 1. The number of para-hydroxylation sites is 1. The first-order chi connectivity index (χ1) is 8.18. The van der Waals surface area contributed by atoms with E-state index >= 15 is 0 Å². The van der Waals surface area contributed by atoms with Crippen molar-refractivity contribution < 1.29 is 14.7 Å². The number of piperidine rings is 2. The van der Waals surface area contributed by atoms with Gasteiger partial charge in [0.1, 0.15) is 6.04 Å². The van der Waals surface area contributed by atoms with Gasteiger partial charge < -0.3 is 5.11 Å². The second kappa shape index (κ2) is 3.58. The Morgan fingerprint density at radius 2 is 1.88 bits per heavy atom. The van der Waals surface area contributed by atoms with Crippen LogP contribution >= 0.6 is 0 Å². The fraction of sp³-hybridized carbons (Fsp3) is 0.385. The van der Waals surface area contributed by atoms with Crippen LogP contribution in [-0.4, -0.2) is 23.0 Å². The number of carboxylic acid groups (broad SMARTS) is 1. The molecule has 4 nitrogen and oxygen atoms in total. The maximum atomic E-state index is 12.1. The predicted octanol–water partition coefficient (Wildman–Crippen LogP) is 1.51. The summed E-state index contributed by atoms with van der Waals surface area (Å²) in [6.07, 6.45) is 1.47. The van der Waals surface area contributed by atoms with Crippen molar-refractivity contribution in [1.29, 1.82) is 0 Å². The Kier molecular flexibility index (Phi) is 2.18. The molecule has 1 aromatic rings. The van der Waals surface area contributed by atoms with Gasteiger partial charge in [-0.2, -0.15) is 0 Å². The fourth-order valence-electron chi connectivity index (χ4n) is 2.85. The van der Waals surface area contributed by atoms with Crippen molar-refractivity contribution >= 4 is 17.6 Å². The van der Waals surface area contributed by atoms with Crippen molar-refractivity contribution in [1.82, 2.24) is 0 Å². The number of carbonyl (C=O) groups is 2. The van der Waals surface area contributed by atoms with Crippen molar-refractivity contribution in [2.75, 3.05) is 4.90 Å². The molecular formula is C13H13NO3. The minimum atomic E-state index is -0.898. The number of hydrogen-bond donors (Lipinski definition) is 1. The number of fused-ring (bicyclic) bond motifs is 2. The van der Waals surface area contributed by atoms with Crippen LogP contribution in [0.4, 0.5) is 5.69 Å². The lowest BCUT2D eigenvalue weighted by atomic mass is 9.66. The van der Waals surface area contributed by atoms with E-state index in [0.717, 1.165) is 12.8 Å². The molecule has 0 radical (unpaired) electrons. The maximum Gasteiger partial charge on any atom is 0.327 e. The highest BCUT2D eigenvalue weighted by molar-refractivity contribution is 6.03. The van der Waals surface area contributed by atoms with Crippen molar-refractivity contribution in [3.63, 3.8) is 0 Å². The van der Waals surface area contributed by atoms with E-state index in [1.54, 1.807) is 12.1 Å². The molecule has 2 bridgehead atoms. The van der Waals surface area contributed by atoms with Crippen LogP contribution in [-0.2, 0) is 9.59 Å². The third-order valence-corrected chi connectivity index (χ3v) is 3.77. The highest BCUT2D eigenvalue weighted by Gasteiger charge is 2.53. The van der Waals surface area contributed by atoms with Crippen LogP contribution in [0.2, 0.25) is 0 Å². The molecule has 0 spiro atoms.